The molecule has 1 aliphatic carbocycles. The van der Waals surface area contributed by atoms with E-state index in [4.69, 9.17) is 0 Å². The van der Waals surface area contributed by atoms with Crippen LogP contribution in [0.15, 0.2) is 6.07 Å². The largest absolute Gasteiger partial charge is 0.394 e. The average Bonchev–Trinajstić information content (AvgIpc) is 3.29. The van der Waals surface area contributed by atoms with Gasteiger partial charge in [-0.3, -0.25) is 9.48 Å². The number of likely N-dealkylation sites (tertiary alicyclic amines) is 1. The van der Waals surface area contributed by atoms with Gasteiger partial charge in [0.1, 0.15) is 6.17 Å². The molecule has 128 valence electrons. The van der Waals surface area contributed by atoms with Crippen LogP contribution in [0.3, 0.4) is 0 Å². The van der Waals surface area contributed by atoms with Crippen molar-refractivity contribution in [3.8, 4) is 0 Å². The summed E-state index contributed by atoms with van der Waals surface area (Å²) in [6, 6.07) is 1.38. The zero-order valence-electron chi connectivity index (χ0n) is 13.9. The Morgan fingerprint density at radius 3 is 2.88 bits per heavy atom. The first kappa shape index (κ1) is 15.5. The topological polar surface area (TPSA) is 71.2 Å². The monoisotopic (exact) mass is 332 g/mol. The number of rotatable bonds is 3. The number of carbonyl (C=O) groups is 1. The van der Waals surface area contributed by atoms with Crippen molar-refractivity contribution in [3.63, 3.8) is 0 Å². The average molecular weight is 332 g/mol. The van der Waals surface area contributed by atoms with Gasteiger partial charge in [-0.2, -0.15) is 5.10 Å². The maximum Gasteiger partial charge on any atom is 0.255 e. The smallest absolute Gasteiger partial charge is 0.255 e. The molecule has 0 radical (unpaired) electrons. The Labute approximate surface area is 139 Å². The lowest BCUT2D eigenvalue weighted by molar-refractivity contribution is 0.0674. The van der Waals surface area contributed by atoms with Crippen LogP contribution in [0.2, 0.25) is 0 Å². The van der Waals surface area contributed by atoms with Gasteiger partial charge >= 0.3 is 0 Å². The number of halogens is 1. The molecular weight excluding hydrogens is 311 g/mol. The van der Waals surface area contributed by atoms with Gasteiger partial charge in [0.2, 0.25) is 0 Å². The number of nitrogens with zero attached hydrogens (tertiary/aromatic N) is 4. The summed E-state index contributed by atoms with van der Waals surface area (Å²) in [4.78, 5) is 19.3. The van der Waals surface area contributed by atoms with Gasteiger partial charge in [0, 0.05) is 25.1 Å². The van der Waals surface area contributed by atoms with Gasteiger partial charge < -0.3 is 10.0 Å². The molecule has 1 amide bonds. The molecule has 4 rings (SSSR count). The summed E-state index contributed by atoms with van der Waals surface area (Å²) < 4.78 is 15.5. The quantitative estimate of drug-likeness (QED) is 0.929. The Morgan fingerprint density at radius 2 is 2.21 bits per heavy atom. The second-order valence-electron chi connectivity index (χ2n) is 6.90. The number of aliphatic hydroxyl groups is 1. The molecule has 2 aromatic rings. The molecule has 2 aliphatic rings. The highest BCUT2D eigenvalue weighted by atomic mass is 19.1. The molecule has 0 aromatic carbocycles. The van der Waals surface area contributed by atoms with Gasteiger partial charge in [-0.05, 0) is 25.8 Å². The molecule has 24 heavy (non-hydrogen) atoms. The number of carbonyl (C=O) groups excluding carboxylic acids is 1. The van der Waals surface area contributed by atoms with Crippen molar-refractivity contribution in [1.82, 2.24) is 19.7 Å². The Bertz CT molecular complexity index is 815. The molecule has 2 fully saturated rings. The van der Waals surface area contributed by atoms with Gasteiger partial charge in [-0.1, -0.05) is 0 Å². The molecule has 1 N–H and O–H groups in total. The van der Waals surface area contributed by atoms with E-state index in [1.165, 1.54) is 4.90 Å². The van der Waals surface area contributed by atoms with Crippen LogP contribution < -0.4 is 0 Å². The Balaban J connectivity index is 1.84. The van der Waals surface area contributed by atoms with Crippen molar-refractivity contribution < 1.29 is 14.3 Å². The summed E-state index contributed by atoms with van der Waals surface area (Å²) in [5.41, 5.74) is 2.87. The third kappa shape index (κ3) is 2.38. The van der Waals surface area contributed by atoms with Crippen molar-refractivity contribution in [2.24, 2.45) is 7.05 Å². The van der Waals surface area contributed by atoms with E-state index in [-0.39, 0.29) is 25.5 Å². The van der Waals surface area contributed by atoms with Crippen LogP contribution in [-0.4, -0.2) is 56.0 Å². The summed E-state index contributed by atoms with van der Waals surface area (Å²) in [6.45, 7) is 1.66. The van der Waals surface area contributed by atoms with Crippen LogP contribution in [-0.2, 0) is 7.05 Å². The number of aryl methyl sites for hydroxylation is 2. The molecule has 7 heteroatoms. The maximum atomic E-state index is 13.8. The molecular formula is C17H21FN4O2. The molecule has 3 heterocycles. The molecule has 0 bridgehead atoms. The van der Waals surface area contributed by atoms with Crippen LogP contribution in [0.1, 0.15) is 46.9 Å². The van der Waals surface area contributed by atoms with E-state index in [0.717, 1.165) is 29.6 Å². The highest BCUT2D eigenvalue weighted by Gasteiger charge is 2.37. The van der Waals surface area contributed by atoms with Crippen LogP contribution in [0.4, 0.5) is 4.39 Å². The Hall–Kier alpha value is -2.02. The maximum absolute atomic E-state index is 13.8. The van der Waals surface area contributed by atoms with Gasteiger partial charge in [-0.25, -0.2) is 9.37 Å². The summed E-state index contributed by atoms with van der Waals surface area (Å²) in [7, 11) is 1.82. The van der Waals surface area contributed by atoms with Crippen LogP contribution in [0, 0.1) is 6.92 Å². The number of aliphatic hydroxyl groups excluding tert-OH is 1. The van der Waals surface area contributed by atoms with Gasteiger partial charge in [0.05, 0.1) is 35.8 Å². The van der Waals surface area contributed by atoms with Gasteiger partial charge in [0.25, 0.3) is 5.91 Å². The molecule has 0 spiro atoms. The SMILES string of the molecule is Cc1nn(C)c2nc(C3CC3)cc(C(=O)N3C[C@@H](F)C[C@H]3CO)c12. The number of fused-ring (bicyclic) bond motifs is 1. The third-order valence-corrected chi connectivity index (χ3v) is 5.05. The number of amides is 1. The molecule has 6 nitrogen and oxygen atoms in total. The molecule has 1 aliphatic heterocycles. The fourth-order valence-electron chi connectivity index (χ4n) is 3.66. The van der Waals surface area contributed by atoms with Gasteiger partial charge in [0.15, 0.2) is 5.65 Å². The van der Waals surface area contributed by atoms with Crippen molar-refractivity contribution in [2.75, 3.05) is 13.2 Å². The predicted molar refractivity (Wildman–Crippen MR) is 86.6 cm³/mol. The number of hydrogen-bond donors (Lipinski definition) is 1. The second-order valence-corrected chi connectivity index (χ2v) is 6.90. The zero-order chi connectivity index (χ0) is 17.0. The zero-order valence-corrected chi connectivity index (χ0v) is 13.9. The molecule has 2 aromatic heterocycles. The summed E-state index contributed by atoms with van der Waals surface area (Å²) in [5.74, 6) is 0.164. The molecule has 2 atom stereocenters. The van der Waals surface area contributed by atoms with Crippen LogP contribution in [0.25, 0.3) is 11.0 Å². The molecule has 1 saturated heterocycles. The number of pyridine rings is 1. The standard InChI is InChI=1S/C17H21FN4O2/c1-9-15-13(17(24)22-7-11(18)5-12(22)8-23)6-14(10-3-4-10)19-16(15)21(2)20-9/h6,10-12,23H,3-5,7-8H2,1-2H3/t11-,12-/m0/s1. The number of hydrogen-bond acceptors (Lipinski definition) is 4. The first-order valence-corrected chi connectivity index (χ1v) is 8.39. The normalized spacial score (nSPS) is 24.1. The Kier molecular flexibility index (Phi) is 3.56. The van der Waals surface area contributed by atoms with Crippen molar-refractivity contribution in [1.29, 1.82) is 0 Å². The van der Waals surface area contributed by atoms with Crippen molar-refractivity contribution in [3.05, 3.63) is 23.0 Å². The first-order valence-electron chi connectivity index (χ1n) is 8.39. The fourth-order valence-corrected chi connectivity index (χ4v) is 3.66. The van der Waals surface area contributed by atoms with E-state index in [1.807, 2.05) is 20.0 Å². The number of aromatic nitrogens is 3. The van der Waals surface area contributed by atoms with Crippen LogP contribution >= 0.6 is 0 Å². The summed E-state index contributed by atoms with van der Waals surface area (Å²) in [5, 5.41) is 14.6. The van der Waals surface area contributed by atoms with E-state index in [9.17, 15) is 14.3 Å². The predicted octanol–water partition coefficient (Wildman–Crippen LogP) is 1.70. The minimum atomic E-state index is -1.08. The lowest BCUT2D eigenvalue weighted by atomic mass is 10.1. The van der Waals surface area contributed by atoms with E-state index in [1.54, 1.807) is 4.68 Å². The van der Waals surface area contributed by atoms with Crippen molar-refractivity contribution >= 4 is 16.9 Å². The van der Waals surface area contributed by atoms with Gasteiger partial charge in [-0.15, -0.1) is 0 Å². The van der Waals surface area contributed by atoms with E-state index < -0.39 is 12.2 Å². The van der Waals surface area contributed by atoms with E-state index in [0.29, 0.717) is 17.1 Å². The Morgan fingerprint density at radius 1 is 1.46 bits per heavy atom. The highest BCUT2D eigenvalue weighted by Crippen LogP contribution is 2.40. The first-order chi connectivity index (χ1) is 11.5. The third-order valence-electron chi connectivity index (χ3n) is 5.05. The van der Waals surface area contributed by atoms with E-state index >= 15 is 0 Å². The second kappa shape index (κ2) is 5.51. The number of alkyl halides is 1. The van der Waals surface area contributed by atoms with E-state index in [2.05, 4.69) is 10.1 Å². The minimum absolute atomic E-state index is 0.0337. The summed E-state index contributed by atoms with van der Waals surface area (Å²) in [6.07, 6.45) is 1.27. The minimum Gasteiger partial charge on any atom is -0.394 e. The summed E-state index contributed by atoms with van der Waals surface area (Å²) >= 11 is 0. The van der Waals surface area contributed by atoms with Crippen molar-refractivity contribution in [2.45, 2.75) is 44.3 Å². The molecule has 1 saturated carbocycles. The lowest BCUT2D eigenvalue weighted by Gasteiger charge is -2.23. The molecule has 0 unspecified atom stereocenters. The highest BCUT2D eigenvalue weighted by molar-refractivity contribution is 6.06. The lowest BCUT2D eigenvalue weighted by Crippen LogP contribution is -2.38. The fraction of sp³-hybridized carbons (Fsp3) is 0.588. The van der Waals surface area contributed by atoms with Crippen LogP contribution in [0.5, 0.6) is 0 Å².